The van der Waals surface area contributed by atoms with Gasteiger partial charge < -0.3 is 14.5 Å². The van der Waals surface area contributed by atoms with Crippen LogP contribution in [-0.4, -0.2) is 28.0 Å². The Labute approximate surface area is 201 Å². The lowest BCUT2D eigenvalue weighted by atomic mass is 10.1. The van der Waals surface area contributed by atoms with Crippen LogP contribution in [0.5, 0.6) is 5.75 Å². The lowest BCUT2D eigenvalue weighted by molar-refractivity contribution is -0.385. The molecule has 4 aromatic rings. The first-order valence-electron chi connectivity index (χ1n) is 9.56. The van der Waals surface area contributed by atoms with E-state index >= 15 is 0 Å². The van der Waals surface area contributed by atoms with Crippen molar-refractivity contribution in [3.8, 4) is 17.2 Å². The quantitative estimate of drug-likeness (QED) is 0.214. The van der Waals surface area contributed by atoms with Crippen LogP contribution in [0.15, 0.2) is 59.0 Å². The van der Waals surface area contributed by atoms with Crippen LogP contribution in [0.4, 0.5) is 15.8 Å². The van der Waals surface area contributed by atoms with Crippen LogP contribution in [0.25, 0.3) is 22.6 Å². The number of benzene rings is 3. The monoisotopic (exact) mass is 500 g/mol. The average molecular weight is 501 g/mol. The van der Waals surface area contributed by atoms with Gasteiger partial charge in [-0.3, -0.25) is 20.2 Å². The molecule has 12 heteroatoms. The van der Waals surface area contributed by atoms with Gasteiger partial charge in [0.1, 0.15) is 11.3 Å². The highest BCUT2D eigenvalue weighted by molar-refractivity contribution is 7.80. The molecule has 172 valence electrons. The summed E-state index contributed by atoms with van der Waals surface area (Å²) in [7, 11) is 1.30. The van der Waals surface area contributed by atoms with Crippen LogP contribution in [0.3, 0.4) is 0 Å². The van der Waals surface area contributed by atoms with Crippen molar-refractivity contribution in [3.05, 3.63) is 81.1 Å². The van der Waals surface area contributed by atoms with Gasteiger partial charge in [0.2, 0.25) is 5.89 Å². The first-order chi connectivity index (χ1) is 16.2. The van der Waals surface area contributed by atoms with Crippen molar-refractivity contribution in [3.63, 3.8) is 0 Å². The Morgan fingerprint density at radius 3 is 2.71 bits per heavy atom. The van der Waals surface area contributed by atoms with Crippen molar-refractivity contribution in [2.24, 2.45) is 0 Å². The van der Waals surface area contributed by atoms with Gasteiger partial charge in [0.05, 0.1) is 22.6 Å². The van der Waals surface area contributed by atoms with Crippen molar-refractivity contribution in [1.82, 2.24) is 10.3 Å². The van der Waals surface area contributed by atoms with Crippen LogP contribution in [-0.2, 0) is 0 Å². The number of carbonyl (C=O) groups excluding carboxylic acids is 1. The van der Waals surface area contributed by atoms with E-state index in [0.717, 1.165) is 12.1 Å². The SMILES string of the molecule is COc1ccc(C(=O)NC(=S)Nc2ccc3oc(-c4ccc(F)cc4Cl)nc3c2)cc1[N+](=O)[O-]. The molecule has 0 aliphatic heterocycles. The molecule has 1 amide bonds. The first-order valence-corrected chi connectivity index (χ1v) is 10.3. The average Bonchev–Trinajstić information content (AvgIpc) is 3.21. The standard InChI is InChI=1S/C22H14ClFN4O5S/c1-32-19-6-2-11(8-17(19)28(30)31)20(29)27-22(34)25-13-4-7-18-16(10-13)26-21(33-18)14-5-3-12(24)9-15(14)23/h2-10H,1H3,(H2,25,27,29,34). The fourth-order valence-electron chi connectivity index (χ4n) is 3.09. The molecule has 0 aliphatic carbocycles. The van der Waals surface area contributed by atoms with E-state index in [1.165, 1.54) is 31.4 Å². The molecular formula is C22H14ClFN4O5S. The number of anilines is 1. The summed E-state index contributed by atoms with van der Waals surface area (Å²) in [5.74, 6) is -0.867. The number of nitrogens with one attached hydrogen (secondary N) is 2. The van der Waals surface area contributed by atoms with E-state index in [1.54, 1.807) is 18.2 Å². The van der Waals surface area contributed by atoms with Crippen LogP contribution >= 0.6 is 23.8 Å². The summed E-state index contributed by atoms with van der Waals surface area (Å²) in [6, 6.07) is 12.6. The highest BCUT2D eigenvalue weighted by Gasteiger charge is 2.19. The molecule has 0 aliphatic rings. The number of aromatic nitrogens is 1. The van der Waals surface area contributed by atoms with Crippen LogP contribution < -0.4 is 15.4 Å². The molecule has 0 atom stereocenters. The normalized spacial score (nSPS) is 10.7. The Hall–Kier alpha value is -4.09. The maximum atomic E-state index is 13.3. The second-order valence-electron chi connectivity index (χ2n) is 6.88. The number of hydrogen-bond donors (Lipinski definition) is 2. The number of amides is 1. The number of rotatable bonds is 5. The number of nitro benzene ring substituents is 1. The third-order valence-electron chi connectivity index (χ3n) is 4.67. The van der Waals surface area contributed by atoms with Crippen molar-refractivity contribution in [2.75, 3.05) is 12.4 Å². The second kappa shape index (κ2) is 9.41. The van der Waals surface area contributed by atoms with E-state index in [0.29, 0.717) is 22.4 Å². The van der Waals surface area contributed by atoms with Crippen molar-refractivity contribution in [1.29, 1.82) is 0 Å². The minimum atomic E-state index is -0.646. The summed E-state index contributed by atoms with van der Waals surface area (Å²) in [6.45, 7) is 0. The van der Waals surface area contributed by atoms with Gasteiger partial charge in [-0.25, -0.2) is 9.37 Å². The number of nitro groups is 1. The van der Waals surface area contributed by atoms with Crippen LogP contribution in [0, 0.1) is 15.9 Å². The summed E-state index contributed by atoms with van der Waals surface area (Å²) >= 11 is 11.3. The highest BCUT2D eigenvalue weighted by Crippen LogP contribution is 2.31. The number of hydrogen-bond acceptors (Lipinski definition) is 7. The van der Waals surface area contributed by atoms with Gasteiger partial charge in [-0.05, 0) is 60.7 Å². The molecular weight excluding hydrogens is 487 g/mol. The number of nitrogens with zero attached hydrogens (tertiary/aromatic N) is 2. The molecule has 0 fully saturated rings. The maximum absolute atomic E-state index is 13.3. The van der Waals surface area contributed by atoms with E-state index in [2.05, 4.69) is 15.6 Å². The number of methoxy groups -OCH3 is 1. The Morgan fingerprint density at radius 1 is 1.21 bits per heavy atom. The largest absolute Gasteiger partial charge is 0.490 e. The molecule has 0 spiro atoms. The molecule has 0 saturated carbocycles. The number of thiocarbonyl (C=S) groups is 1. The molecule has 4 rings (SSSR count). The minimum Gasteiger partial charge on any atom is -0.490 e. The summed E-state index contributed by atoms with van der Waals surface area (Å²) in [5, 5.41) is 16.6. The van der Waals surface area contributed by atoms with Crippen LogP contribution in [0.1, 0.15) is 10.4 Å². The molecule has 1 aromatic heterocycles. The summed E-state index contributed by atoms with van der Waals surface area (Å²) < 4.78 is 23.9. The number of halogens is 2. The van der Waals surface area contributed by atoms with Gasteiger partial charge in [0.25, 0.3) is 5.91 Å². The molecule has 2 N–H and O–H groups in total. The molecule has 0 radical (unpaired) electrons. The highest BCUT2D eigenvalue weighted by atomic mass is 35.5. The molecule has 0 bridgehead atoms. The first kappa shape index (κ1) is 23.1. The molecule has 0 saturated heterocycles. The zero-order chi connectivity index (χ0) is 24.4. The molecule has 9 nitrogen and oxygen atoms in total. The van der Waals surface area contributed by atoms with Crippen molar-refractivity contribution >= 4 is 57.3 Å². The number of carbonyl (C=O) groups is 1. The zero-order valence-corrected chi connectivity index (χ0v) is 18.9. The zero-order valence-electron chi connectivity index (χ0n) is 17.3. The van der Waals surface area contributed by atoms with Crippen LogP contribution in [0.2, 0.25) is 5.02 Å². The smallest absolute Gasteiger partial charge is 0.311 e. The maximum Gasteiger partial charge on any atom is 0.311 e. The van der Waals surface area contributed by atoms with E-state index in [1.807, 2.05) is 0 Å². The Kier molecular flexibility index (Phi) is 6.39. The van der Waals surface area contributed by atoms with Crippen molar-refractivity contribution < 1.29 is 23.3 Å². The summed E-state index contributed by atoms with van der Waals surface area (Å²) in [6.07, 6.45) is 0. The van der Waals surface area contributed by atoms with Gasteiger partial charge in [-0.15, -0.1) is 0 Å². The van der Waals surface area contributed by atoms with Gasteiger partial charge in [-0.1, -0.05) is 11.6 Å². The van der Waals surface area contributed by atoms with Gasteiger partial charge >= 0.3 is 5.69 Å². The lowest BCUT2D eigenvalue weighted by Crippen LogP contribution is -2.34. The topological polar surface area (TPSA) is 120 Å². The third kappa shape index (κ3) is 4.80. The summed E-state index contributed by atoms with van der Waals surface area (Å²) in [5.41, 5.74) is 1.56. The van der Waals surface area contributed by atoms with Gasteiger partial charge in [0, 0.05) is 17.3 Å². The molecule has 3 aromatic carbocycles. The number of fused-ring (bicyclic) bond motifs is 1. The lowest BCUT2D eigenvalue weighted by Gasteiger charge is -2.10. The number of ether oxygens (including phenoxy) is 1. The Morgan fingerprint density at radius 2 is 2.00 bits per heavy atom. The van der Waals surface area contributed by atoms with Gasteiger partial charge in [-0.2, -0.15) is 0 Å². The number of oxazole rings is 1. The van der Waals surface area contributed by atoms with E-state index < -0.39 is 16.6 Å². The molecule has 1 heterocycles. The molecule has 0 unspecified atom stereocenters. The third-order valence-corrected chi connectivity index (χ3v) is 5.19. The molecule has 34 heavy (non-hydrogen) atoms. The van der Waals surface area contributed by atoms with E-state index in [4.69, 9.17) is 33.0 Å². The van der Waals surface area contributed by atoms with E-state index in [9.17, 15) is 19.3 Å². The fourth-order valence-corrected chi connectivity index (χ4v) is 3.55. The predicted octanol–water partition coefficient (Wildman–Crippen LogP) is 5.33. The minimum absolute atomic E-state index is 0.0319. The Bertz CT molecular complexity index is 1460. The second-order valence-corrected chi connectivity index (χ2v) is 7.69. The fraction of sp³-hybridized carbons (Fsp3) is 0.0455. The van der Waals surface area contributed by atoms with Crippen molar-refractivity contribution in [2.45, 2.75) is 0 Å². The van der Waals surface area contributed by atoms with E-state index in [-0.39, 0.29) is 33.0 Å². The predicted molar refractivity (Wildman–Crippen MR) is 128 cm³/mol. The Balaban J connectivity index is 1.49. The summed E-state index contributed by atoms with van der Waals surface area (Å²) in [4.78, 5) is 27.4. The van der Waals surface area contributed by atoms with Gasteiger partial charge in [0.15, 0.2) is 16.4 Å².